The highest BCUT2D eigenvalue weighted by atomic mass is 79.9. The summed E-state index contributed by atoms with van der Waals surface area (Å²) in [5, 5.41) is 14.3. The van der Waals surface area contributed by atoms with Crippen LogP contribution in [0.25, 0.3) is 0 Å². The fraction of sp³-hybridized carbons (Fsp3) is 0.176. The maximum Gasteiger partial charge on any atom is 0.277 e. The van der Waals surface area contributed by atoms with Crippen molar-refractivity contribution in [3.8, 4) is 17.2 Å². The van der Waals surface area contributed by atoms with Crippen LogP contribution in [0.1, 0.15) is 12.5 Å². The zero-order valence-corrected chi connectivity index (χ0v) is 15.7. The molecular formula is C17H16BrClN2O4. The number of hydrazone groups is 1. The van der Waals surface area contributed by atoms with E-state index < -0.39 is 5.91 Å². The Labute approximate surface area is 158 Å². The van der Waals surface area contributed by atoms with Gasteiger partial charge in [-0.2, -0.15) is 5.10 Å². The van der Waals surface area contributed by atoms with E-state index in [1.165, 1.54) is 6.21 Å². The van der Waals surface area contributed by atoms with Crippen LogP contribution in [0.3, 0.4) is 0 Å². The molecule has 2 aromatic carbocycles. The summed E-state index contributed by atoms with van der Waals surface area (Å²) in [5.41, 5.74) is 3.00. The SMILES string of the molecule is CCOc1cc(/C=N\NC(=O)COc2ccc(Cl)cc2)cc(Br)c1O. The van der Waals surface area contributed by atoms with E-state index in [9.17, 15) is 9.90 Å². The predicted octanol–water partition coefficient (Wildman–Crippen LogP) is 3.74. The van der Waals surface area contributed by atoms with Crippen molar-refractivity contribution in [2.24, 2.45) is 5.10 Å². The molecule has 0 unspecified atom stereocenters. The second-order valence-corrected chi connectivity index (χ2v) is 6.11. The molecule has 6 nitrogen and oxygen atoms in total. The van der Waals surface area contributed by atoms with E-state index in [0.29, 0.717) is 33.2 Å². The Hall–Kier alpha value is -2.25. The number of aromatic hydroxyl groups is 1. The number of benzene rings is 2. The average Bonchev–Trinajstić information content (AvgIpc) is 2.59. The molecule has 0 aliphatic heterocycles. The van der Waals surface area contributed by atoms with E-state index in [2.05, 4.69) is 26.5 Å². The molecule has 0 saturated carbocycles. The number of carbonyl (C=O) groups is 1. The van der Waals surface area contributed by atoms with Crippen molar-refractivity contribution in [3.63, 3.8) is 0 Å². The normalized spacial score (nSPS) is 10.7. The fourth-order valence-corrected chi connectivity index (χ4v) is 2.41. The van der Waals surface area contributed by atoms with Crippen LogP contribution in [0.4, 0.5) is 0 Å². The van der Waals surface area contributed by atoms with E-state index in [1.807, 2.05) is 6.92 Å². The first-order chi connectivity index (χ1) is 12.0. The lowest BCUT2D eigenvalue weighted by molar-refractivity contribution is -0.123. The van der Waals surface area contributed by atoms with Gasteiger partial charge in [0.1, 0.15) is 5.75 Å². The highest BCUT2D eigenvalue weighted by molar-refractivity contribution is 9.10. The van der Waals surface area contributed by atoms with Gasteiger partial charge in [0, 0.05) is 5.02 Å². The van der Waals surface area contributed by atoms with Gasteiger partial charge < -0.3 is 14.6 Å². The molecule has 2 N–H and O–H groups in total. The largest absolute Gasteiger partial charge is 0.503 e. The van der Waals surface area contributed by atoms with Gasteiger partial charge in [-0.1, -0.05) is 11.6 Å². The van der Waals surface area contributed by atoms with Crippen molar-refractivity contribution < 1.29 is 19.4 Å². The van der Waals surface area contributed by atoms with Crippen molar-refractivity contribution >= 4 is 39.7 Å². The van der Waals surface area contributed by atoms with Gasteiger partial charge in [-0.3, -0.25) is 4.79 Å². The van der Waals surface area contributed by atoms with Crippen molar-refractivity contribution in [2.75, 3.05) is 13.2 Å². The number of rotatable bonds is 7. The molecule has 0 aliphatic carbocycles. The number of ether oxygens (including phenoxy) is 2. The van der Waals surface area contributed by atoms with Gasteiger partial charge in [0.2, 0.25) is 0 Å². The number of phenols is 1. The van der Waals surface area contributed by atoms with Crippen molar-refractivity contribution in [1.29, 1.82) is 0 Å². The number of halogens is 2. The highest BCUT2D eigenvalue weighted by Crippen LogP contribution is 2.35. The van der Waals surface area contributed by atoms with Crippen LogP contribution in [-0.4, -0.2) is 30.4 Å². The van der Waals surface area contributed by atoms with E-state index in [-0.39, 0.29) is 12.4 Å². The third-order valence-electron chi connectivity index (χ3n) is 2.94. The molecule has 0 radical (unpaired) electrons. The summed E-state index contributed by atoms with van der Waals surface area (Å²) in [4.78, 5) is 11.7. The number of amides is 1. The van der Waals surface area contributed by atoms with Crippen LogP contribution in [0.2, 0.25) is 5.02 Å². The predicted molar refractivity (Wildman–Crippen MR) is 99.7 cm³/mol. The zero-order valence-electron chi connectivity index (χ0n) is 13.3. The Morgan fingerprint density at radius 3 is 2.72 bits per heavy atom. The molecule has 0 saturated heterocycles. The number of phenolic OH excluding ortho intramolecular Hbond substituents is 1. The monoisotopic (exact) mass is 426 g/mol. The minimum atomic E-state index is -0.408. The molecule has 0 heterocycles. The first-order valence-corrected chi connectivity index (χ1v) is 8.52. The van der Waals surface area contributed by atoms with Crippen LogP contribution in [0.15, 0.2) is 46.0 Å². The first-order valence-electron chi connectivity index (χ1n) is 7.35. The first kappa shape index (κ1) is 19.1. The molecule has 132 valence electrons. The summed E-state index contributed by atoms with van der Waals surface area (Å²) >= 11 is 9.01. The molecule has 0 fully saturated rings. The van der Waals surface area contributed by atoms with Crippen molar-refractivity contribution in [3.05, 3.63) is 51.5 Å². The van der Waals surface area contributed by atoms with Crippen LogP contribution >= 0.6 is 27.5 Å². The van der Waals surface area contributed by atoms with Gasteiger partial charge in [-0.05, 0) is 64.8 Å². The van der Waals surface area contributed by atoms with Gasteiger partial charge in [-0.15, -0.1) is 0 Å². The molecule has 2 aromatic rings. The summed E-state index contributed by atoms with van der Waals surface area (Å²) in [6.45, 7) is 2.05. The molecule has 0 bridgehead atoms. The lowest BCUT2D eigenvalue weighted by atomic mass is 10.2. The molecular weight excluding hydrogens is 412 g/mol. The lowest BCUT2D eigenvalue weighted by Crippen LogP contribution is -2.24. The van der Waals surface area contributed by atoms with Crippen LogP contribution in [-0.2, 0) is 4.79 Å². The quantitative estimate of drug-likeness (QED) is 0.521. The number of hydrogen-bond donors (Lipinski definition) is 2. The van der Waals surface area contributed by atoms with Crippen molar-refractivity contribution in [2.45, 2.75) is 6.92 Å². The summed E-state index contributed by atoms with van der Waals surface area (Å²) < 4.78 is 11.1. The zero-order chi connectivity index (χ0) is 18.2. The molecule has 0 atom stereocenters. The van der Waals surface area contributed by atoms with E-state index in [0.717, 1.165) is 0 Å². The molecule has 2 rings (SSSR count). The Morgan fingerprint density at radius 1 is 1.32 bits per heavy atom. The molecule has 25 heavy (non-hydrogen) atoms. The standard InChI is InChI=1S/C17H16BrClN2O4/c1-2-24-15-8-11(7-14(18)17(15)23)9-20-21-16(22)10-25-13-5-3-12(19)4-6-13/h3-9,23H,2,10H2,1H3,(H,21,22)/b20-9-. The number of hydrogen-bond acceptors (Lipinski definition) is 5. The van der Waals surface area contributed by atoms with Gasteiger partial charge in [0.05, 0.1) is 17.3 Å². The lowest BCUT2D eigenvalue weighted by Gasteiger charge is -2.08. The van der Waals surface area contributed by atoms with Gasteiger partial charge >= 0.3 is 0 Å². The topological polar surface area (TPSA) is 80.2 Å². The number of nitrogens with one attached hydrogen (secondary N) is 1. The molecule has 8 heteroatoms. The Balaban J connectivity index is 1.89. The molecule has 1 amide bonds. The Kier molecular flexibility index (Phi) is 7.09. The number of nitrogens with zero attached hydrogens (tertiary/aromatic N) is 1. The summed E-state index contributed by atoms with van der Waals surface area (Å²) in [5.74, 6) is 0.469. The molecule has 0 aliphatic rings. The highest BCUT2D eigenvalue weighted by Gasteiger charge is 2.08. The Bertz CT molecular complexity index is 766. The summed E-state index contributed by atoms with van der Waals surface area (Å²) in [7, 11) is 0. The van der Waals surface area contributed by atoms with Gasteiger partial charge in [-0.25, -0.2) is 5.43 Å². The third-order valence-corrected chi connectivity index (χ3v) is 3.79. The molecule has 0 spiro atoms. The Morgan fingerprint density at radius 2 is 2.04 bits per heavy atom. The van der Waals surface area contributed by atoms with Gasteiger partial charge in [0.25, 0.3) is 5.91 Å². The van der Waals surface area contributed by atoms with Crippen molar-refractivity contribution in [1.82, 2.24) is 5.43 Å². The van der Waals surface area contributed by atoms with Crippen LogP contribution in [0, 0.1) is 0 Å². The average molecular weight is 428 g/mol. The molecule has 0 aromatic heterocycles. The fourth-order valence-electron chi connectivity index (χ4n) is 1.82. The second-order valence-electron chi connectivity index (χ2n) is 4.82. The summed E-state index contributed by atoms with van der Waals surface area (Å²) in [6, 6.07) is 9.95. The summed E-state index contributed by atoms with van der Waals surface area (Å²) in [6.07, 6.45) is 1.44. The van der Waals surface area contributed by atoms with E-state index >= 15 is 0 Å². The number of carbonyl (C=O) groups excluding carboxylic acids is 1. The van der Waals surface area contributed by atoms with Crippen LogP contribution in [0.5, 0.6) is 17.2 Å². The van der Waals surface area contributed by atoms with Crippen LogP contribution < -0.4 is 14.9 Å². The van der Waals surface area contributed by atoms with E-state index in [1.54, 1.807) is 36.4 Å². The second kappa shape index (κ2) is 9.29. The van der Waals surface area contributed by atoms with E-state index in [4.69, 9.17) is 21.1 Å². The maximum absolute atomic E-state index is 11.7. The minimum Gasteiger partial charge on any atom is -0.503 e. The van der Waals surface area contributed by atoms with Gasteiger partial charge in [0.15, 0.2) is 18.1 Å². The minimum absolute atomic E-state index is 0.0133. The maximum atomic E-state index is 11.7. The third kappa shape index (κ3) is 5.95. The smallest absolute Gasteiger partial charge is 0.277 e.